The number of hydrogen-bond donors (Lipinski definition) is 0. The van der Waals surface area contributed by atoms with Crippen LogP contribution in [0, 0.1) is 5.82 Å². The van der Waals surface area contributed by atoms with Crippen LogP contribution in [0.5, 0.6) is 0 Å². The molecule has 0 N–H and O–H groups in total. The Bertz CT molecular complexity index is 639. The van der Waals surface area contributed by atoms with Gasteiger partial charge in [0.1, 0.15) is 12.1 Å². The van der Waals surface area contributed by atoms with Crippen LogP contribution < -0.4 is 4.90 Å². The van der Waals surface area contributed by atoms with Crippen LogP contribution in [0.15, 0.2) is 42.5 Å². The summed E-state index contributed by atoms with van der Waals surface area (Å²) in [6.07, 6.45) is 2.77. The fourth-order valence-corrected chi connectivity index (χ4v) is 2.77. The highest BCUT2D eigenvalue weighted by atomic mass is 19.1. The molecule has 3 heteroatoms. The van der Waals surface area contributed by atoms with Crippen molar-refractivity contribution in [3.8, 4) is 0 Å². The van der Waals surface area contributed by atoms with Gasteiger partial charge in [-0.2, -0.15) is 0 Å². The fraction of sp³-hybridized carbons (Fsp3) is 0.235. The summed E-state index contributed by atoms with van der Waals surface area (Å²) in [7, 11) is 0. The number of aryl methyl sites for hydroxylation is 1. The lowest BCUT2D eigenvalue weighted by atomic mass is 10.0. The Morgan fingerprint density at radius 1 is 1.10 bits per heavy atom. The lowest BCUT2D eigenvalue weighted by Gasteiger charge is -2.23. The molecule has 0 saturated carbocycles. The summed E-state index contributed by atoms with van der Waals surface area (Å²) in [5.41, 5.74) is 3.81. The Hall–Kier alpha value is -2.16. The molecule has 102 valence electrons. The molecule has 2 nitrogen and oxygen atoms in total. The van der Waals surface area contributed by atoms with E-state index in [1.54, 1.807) is 6.07 Å². The normalized spacial score (nSPS) is 14.6. The molecule has 0 saturated heterocycles. The van der Waals surface area contributed by atoms with Gasteiger partial charge in [0, 0.05) is 24.3 Å². The Morgan fingerprint density at radius 2 is 1.90 bits per heavy atom. The highest BCUT2D eigenvalue weighted by Crippen LogP contribution is 2.25. The molecule has 1 aliphatic heterocycles. The Kier molecular flexibility index (Phi) is 3.50. The second-order valence-electron chi connectivity index (χ2n) is 5.15. The van der Waals surface area contributed by atoms with Gasteiger partial charge in [-0.25, -0.2) is 4.39 Å². The summed E-state index contributed by atoms with van der Waals surface area (Å²) >= 11 is 0. The van der Waals surface area contributed by atoms with Gasteiger partial charge in [-0.15, -0.1) is 0 Å². The van der Waals surface area contributed by atoms with Crippen molar-refractivity contribution in [3.05, 3.63) is 65.0 Å². The maximum Gasteiger partial charge on any atom is 0.150 e. The van der Waals surface area contributed by atoms with E-state index in [4.69, 9.17) is 0 Å². The van der Waals surface area contributed by atoms with Gasteiger partial charge in [-0.05, 0) is 42.2 Å². The zero-order valence-corrected chi connectivity index (χ0v) is 11.2. The minimum Gasteiger partial charge on any atom is -0.367 e. The smallest absolute Gasteiger partial charge is 0.150 e. The number of hydrogen-bond acceptors (Lipinski definition) is 2. The quantitative estimate of drug-likeness (QED) is 0.776. The first-order valence-corrected chi connectivity index (χ1v) is 6.84. The van der Waals surface area contributed by atoms with Crippen LogP contribution in [0.4, 0.5) is 10.1 Å². The van der Waals surface area contributed by atoms with Crippen LogP contribution >= 0.6 is 0 Å². The van der Waals surface area contributed by atoms with Crippen molar-refractivity contribution in [1.82, 2.24) is 0 Å². The molecule has 0 unspecified atom stereocenters. The predicted octanol–water partition coefficient (Wildman–Crippen LogP) is 3.59. The number of rotatable bonds is 2. The van der Waals surface area contributed by atoms with Crippen LogP contribution in [0.1, 0.15) is 27.9 Å². The summed E-state index contributed by atoms with van der Waals surface area (Å²) in [5, 5.41) is 0. The average Bonchev–Trinajstić information content (AvgIpc) is 2.68. The van der Waals surface area contributed by atoms with Crippen molar-refractivity contribution in [1.29, 1.82) is 0 Å². The maximum absolute atomic E-state index is 13.6. The van der Waals surface area contributed by atoms with Crippen molar-refractivity contribution in [2.75, 3.05) is 11.4 Å². The van der Waals surface area contributed by atoms with Crippen LogP contribution in [0.2, 0.25) is 0 Å². The Morgan fingerprint density at radius 3 is 2.70 bits per heavy atom. The third-order valence-electron chi connectivity index (χ3n) is 3.76. The molecule has 0 bridgehead atoms. The first kappa shape index (κ1) is 12.9. The molecule has 1 aliphatic rings. The van der Waals surface area contributed by atoms with Crippen LogP contribution in [-0.4, -0.2) is 12.8 Å². The molecule has 2 aromatic carbocycles. The highest BCUT2D eigenvalue weighted by molar-refractivity contribution is 5.77. The topological polar surface area (TPSA) is 20.3 Å². The average molecular weight is 269 g/mol. The standard InChI is InChI=1S/C17H16FNO/c18-16-8-13(12-20)9-17(10-16)19-7-3-6-14-4-1-2-5-15(14)11-19/h1-2,4-5,8-10,12H,3,6-7,11H2. The zero-order valence-electron chi connectivity index (χ0n) is 11.2. The number of anilines is 1. The molecular weight excluding hydrogens is 253 g/mol. The minimum atomic E-state index is -0.359. The van der Waals surface area contributed by atoms with Gasteiger partial charge in [-0.1, -0.05) is 24.3 Å². The Labute approximate surface area is 117 Å². The summed E-state index contributed by atoms with van der Waals surface area (Å²) in [4.78, 5) is 13.0. The van der Waals surface area contributed by atoms with Crippen molar-refractivity contribution in [2.45, 2.75) is 19.4 Å². The van der Waals surface area contributed by atoms with E-state index in [1.807, 2.05) is 6.07 Å². The van der Waals surface area contributed by atoms with Gasteiger partial charge in [0.25, 0.3) is 0 Å². The van der Waals surface area contributed by atoms with Gasteiger partial charge < -0.3 is 4.90 Å². The molecule has 0 aliphatic carbocycles. The molecule has 20 heavy (non-hydrogen) atoms. The summed E-state index contributed by atoms with van der Waals surface area (Å²) in [6.45, 7) is 1.63. The monoisotopic (exact) mass is 269 g/mol. The zero-order chi connectivity index (χ0) is 13.9. The molecule has 0 aromatic heterocycles. The van der Waals surface area contributed by atoms with E-state index >= 15 is 0 Å². The number of carbonyl (C=O) groups is 1. The van der Waals surface area contributed by atoms with E-state index in [0.29, 0.717) is 11.8 Å². The number of benzene rings is 2. The number of carbonyl (C=O) groups excluding carboxylic acids is 1. The summed E-state index contributed by atoms with van der Waals surface area (Å²) < 4.78 is 13.6. The third-order valence-corrected chi connectivity index (χ3v) is 3.76. The number of halogens is 1. The molecule has 0 spiro atoms. The summed E-state index contributed by atoms with van der Waals surface area (Å²) in [5.74, 6) is -0.359. The van der Waals surface area contributed by atoms with Crippen molar-refractivity contribution < 1.29 is 9.18 Å². The molecular formula is C17H16FNO. The molecule has 0 fully saturated rings. The van der Waals surface area contributed by atoms with Gasteiger partial charge >= 0.3 is 0 Å². The van der Waals surface area contributed by atoms with E-state index in [0.717, 1.165) is 31.6 Å². The van der Waals surface area contributed by atoms with Crippen LogP contribution in [0.3, 0.4) is 0 Å². The third kappa shape index (κ3) is 2.57. The number of fused-ring (bicyclic) bond motifs is 1. The Balaban J connectivity index is 1.95. The van der Waals surface area contributed by atoms with E-state index < -0.39 is 0 Å². The molecule has 0 amide bonds. The van der Waals surface area contributed by atoms with Crippen LogP contribution in [-0.2, 0) is 13.0 Å². The number of aldehydes is 1. The van der Waals surface area contributed by atoms with Gasteiger partial charge in [0.2, 0.25) is 0 Å². The molecule has 0 radical (unpaired) electrons. The SMILES string of the molecule is O=Cc1cc(F)cc(N2CCCc3ccccc3C2)c1. The number of nitrogens with zero attached hydrogens (tertiary/aromatic N) is 1. The van der Waals surface area contributed by atoms with E-state index in [-0.39, 0.29) is 5.82 Å². The lowest BCUT2D eigenvalue weighted by Crippen LogP contribution is -2.22. The van der Waals surface area contributed by atoms with Gasteiger partial charge in [-0.3, -0.25) is 4.79 Å². The van der Waals surface area contributed by atoms with E-state index in [9.17, 15) is 9.18 Å². The second kappa shape index (κ2) is 5.45. The van der Waals surface area contributed by atoms with Gasteiger partial charge in [0.15, 0.2) is 0 Å². The first-order valence-electron chi connectivity index (χ1n) is 6.84. The second-order valence-corrected chi connectivity index (χ2v) is 5.15. The molecule has 3 rings (SSSR count). The van der Waals surface area contributed by atoms with E-state index in [1.165, 1.54) is 23.3 Å². The van der Waals surface area contributed by atoms with Crippen LogP contribution in [0.25, 0.3) is 0 Å². The maximum atomic E-state index is 13.6. The highest BCUT2D eigenvalue weighted by Gasteiger charge is 2.15. The first-order chi connectivity index (χ1) is 9.76. The minimum absolute atomic E-state index is 0.359. The summed E-state index contributed by atoms with van der Waals surface area (Å²) in [6, 6.07) is 12.9. The molecule has 0 atom stereocenters. The van der Waals surface area contributed by atoms with Gasteiger partial charge in [0.05, 0.1) is 0 Å². The molecule has 2 aromatic rings. The largest absolute Gasteiger partial charge is 0.367 e. The fourth-order valence-electron chi connectivity index (χ4n) is 2.77. The van der Waals surface area contributed by atoms with Crippen molar-refractivity contribution in [2.24, 2.45) is 0 Å². The van der Waals surface area contributed by atoms with Crippen molar-refractivity contribution in [3.63, 3.8) is 0 Å². The van der Waals surface area contributed by atoms with Crippen molar-refractivity contribution >= 4 is 12.0 Å². The predicted molar refractivity (Wildman–Crippen MR) is 77.6 cm³/mol. The lowest BCUT2D eigenvalue weighted by molar-refractivity contribution is 0.112. The van der Waals surface area contributed by atoms with E-state index in [2.05, 4.69) is 23.1 Å². The molecule has 1 heterocycles.